The van der Waals surface area contributed by atoms with Gasteiger partial charge in [0.2, 0.25) is 5.91 Å². The largest absolute Gasteiger partial charge is 0.326 e. The van der Waals surface area contributed by atoms with Crippen molar-refractivity contribution in [2.75, 3.05) is 18.4 Å². The highest BCUT2D eigenvalue weighted by molar-refractivity contribution is 5.90. The number of hydrogen-bond acceptors (Lipinski definition) is 4. The lowest BCUT2D eigenvalue weighted by Crippen LogP contribution is -2.36. The fourth-order valence-electron chi connectivity index (χ4n) is 2.51. The van der Waals surface area contributed by atoms with Gasteiger partial charge in [0.25, 0.3) is 0 Å². The Bertz CT molecular complexity index is 622. The molecule has 0 radical (unpaired) electrons. The van der Waals surface area contributed by atoms with Crippen molar-refractivity contribution in [2.45, 2.75) is 26.4 Å². The van der Waals surface area contributed by atoms with Crippen molar-refractivity contribution in [1.29, 1.82) is 0 Å². The molecule has 0 atom stereocenters. The van der Waals surface area contributed by atoms with Crippen LogP contribution in [-0.2, 0) is 17.9 Å². The van der Waals surface area contributed by atoms with Crippen molar-refractivity contribution >= 4 is 11.6 Å². The Morgan fingerprint density at radius 2 is 2.10 bits per heavy atom. The second-order valence-corrected chi connectivity index (χ2v) is 5.24. The Morgan fingerprint density at radius 3 is 2.90 bits per heavy atom. The van der Waals surface area contributed by atoms with Crippen LogP contribution in [-0.4, -0.2) is 38.7 Å². The first-order valence-corrected chi connectivity index (χ1v) is 7.18. The Hall–Kier alpha value is -2.21. The number of fused-ring (bicyclic) bond motifs is 1. The second kappa shape index (κ2) is 6.05. The van der Waals surface area contributed by atoms with E-state index in [2.05, 4.69) is 20.3 Å². The Morgan fingerprint density at radius 1 is 1.29 bits per heavy atom. The molecular formula is C15H19N5O. The molecule has 6 nitrogen and oxygen atoms in total. The van der Waals surface area contributed by atoms with Gasteiger partial charge in [-0.2, -0.15) is 5.10 Å². The third-order valence-corrected chi connectivity index (χ3v) is 3.56. The molecule has 110 valence electrons. The molecule has 0 aliphatic carbocycles. The molecule has 1 aliphatic rings. The van der Waals surface area contributed by atoms with Crippen molar-refractivity contribution in [3.8, 4) is 0 Å². The Kier molecular flexibility index (Phi) is 3.96. The van der Waals surface area contributed by atoms with E-state index < -0.39 is 0 Å². The van der Waals surface area contributed by atoms with Gasteiger partial charge in [-0.15, -0.1) is 0 Å². The van der Waals surface area contributed by atoms with Gasteiger partial charge >= 0.3 is 0 Å². The van der Waals surface area contributed by atoms with Crippen LogP contribution in [0.25, 0.3) is 0 Å². The number of amides is 1. The predicted molar refractivity (Wildman–Crippen MR) is 79.7 cm³/mol. The van der Waals surface area contributed by atoms with Crippen LogP contribution >= 0.6 is 0 Å². The van der Waals surface area contributed by atoms with Gasteiger partial charge in [-0.05, 0) is 19.1 Å². The molecule has 1 N–H and O–H groups in total. The molecule has 6 heteroatoms. The van der Waals surface area contributed by atoms with Gasteiger partial charge in [0, 0.05) is 25.2 Å². The summed E-state index contributed by atoms with van der Waals surface area (Å²) in [5.74, 6) is 1.85. The molecule has 1 aromatic heterocycles. The minimum absolute atomic E-state index is 0.0458. The number of aryl methyl sites for hydroxylation is 1. The van der Waals surface area contributed by atoms with Crippen LogP contribution < -0.4 is 5.32 Å². The van der Waals surface area contributed by atoms with Crippen molar-refractivity contribution < 1.29 is 4.79 Å². The van der Waals surface area contributed by atoms with E-state index >= 15 is 0 Å². The highest BCUT2D eigenvalue weighted by atomic mass is 16.1. The SMILES string of the molecule is Cc1nc2n(n1)CCN(CCC(=O)Nc1ccccc1)C2. The van der Waals surface area contributed by atoms with Gasteiger partial charge in [0.15, 0.2) is 0 Å². The summed E-state index contributed by atoms with van der Waals surface area (Å²) in [6.45, 7) is 5.16. The molecule has 2 aromatic rings. The number of carbonyl (C=O) groups is 1. The monoisotopic (exact) mass is 285 g/mol. The van der Waals surface area contributed by atoms with Crippen molar-refractivity contribution in [1.82, 2.24) is 19.7 Å². The Balaban J connectivity index is 1.49. The van der Waals surface area contributed by atoms with E-state index in [9.17, 15) is 4.79 Å². The normalized spacial score (nSPS) is 14.7. The summed E-state index contributed by atoms with van der Waals surface area (Å²) >= 11 is 0. The van der Waals surface area contributed by atoms with E-state index in [1.807, 2.05) is 41.9 Å². The minimum Gasteiger partial charge on any atom is -0.326 e. The molecule has 0 bridgehead atoms. The summed E-state index contributed by atoms with van der Waals surface area (Å²) in [5.41, 5.74) is 0.844. The van der Waals surface area contributed by atoms with Gasteiger partial charge in [-0.3, -0.25) is 9.69 Å². The first-order valence-electron chi connectivity index (χ1n) is 7.18. The molecule has 0 saturated heterocycles. The smallest absolute Gasteiger partial charge is 0.225 e. The lowest BCUT2D eigenvalue weighted by Gasteiger charge is -2.26. The quantitative estimate of drug-likeness (QED) is 0.923. The first kappa shape index (κ1) is 13.8. The molecule has 0 unspecified atom stereocenters. The van der Waals surface area contributed by atoms with Crippen LogP contribution in [0.2, 0.25) is 0 Å². The molecule has 3 rings (SSSR count). The summed E-state index contributed by atoms with van der Waals surface area (Å²) in [6.07, 6.45) is 0.488. The molecule has 0 saturated carbocycles. The number of rotatable bonds is 4. The maximum atomic E-state index is 11.9. The van der Waals surface area contributed by atoms with E-state index in [-0.39, 0.29) is 5.91 Å². The average Bonchev–Trinajstić information content (AvgIpc) is 2.85. The zero-order valence-electron chi connectivity index (χ0n) is 12.1. The van der Waals surface area contributed by atoms with Gasteiger partial charge in [0.1, 0.15) is 11.6 Å². The zero-order valence-corrected chi connectivity index (χ0v) is 12.1. The number of nitrogens with one attached hydrogen (secondary N) is 1. The summed E-state index contributed by atoms with van der Waals surface area (Å²) in [6, 6.07) is 9.54. The molecule has 1 amide bonds. The van der Waals surface area contributed by atoms with Gasteiger partial charge in [0.05, 0.1) is 13.1 Å². The summed E-state index contributed by atoms with van der Waals surface area (Å²) in [5, 5.41) is 7.24. The van der Waals surface area contributed by atoms with Crippen LogP contribution in [0.15, 0.2) is 30.3 Å². The molecule has 2 heterocycles. The number of carbonyl (C=O) groups excluding carboxylic acids is 1. The third-order valence-electron chi connectivity index (χ3n) is 3.56. The molecular weight excluding hydrogens is 266 g/mol. The van der Waals surface area contributed by atoms with Crippen LogP contribution in [0.1, 0.15) is 18.1 Å². The molecule has 1 aromatic carbocycles. The number of para-hydroxylation sites is 1. The fourth-order valence-corrected chi connectivity index (χ4v) is 2.51. The number of benzene rings is 1. The zero-order chi connectivity index (χ0) is 14.7. The third kappa shape index (κ3) is 3.46. The molecule has 0 fully saturated rings. The van der Waals surface area contributed by atoms with Gasteiger partial charge in [-0.1, -0.05) is 18.2 Å². The number of anilines is 1. The summed E-state index contributed by atoms with van der Waals surface area (Å²) in [4.78, 5) is 18.6. The van der Waals surface area contributed by atoms with Gasteiger partial charge in [-0.25, -0.2) is 9.67 Å². The average molecular weight is 285 g/mol. The standard InChI is InChI=1S/C15H19N5O/c1-12-16-14-11-19(9-10-20(14)18-12)8-7-15(21)17-13-5-3-2-4-6-13/h2-6H,7-11H2,1H3,(H,17,21). The number of aromatic nitrogens is 3. The van der Waals surface area contributed by atoms with E-state index in [0.717, 1.165) is 43.5 Å². The predicted octanol–water partition coefficient (Wildman–Crippen LogP) is 1.43. The Labute approximate surface area is 123 Å². The highest BCUT2D eigenvalue weighted by Crippen LogP contribution is 2.11. The van der Waals surface area contributed by atoms with E-state index in [1.54, 1.807) is 0 Å². The maximum absolute atomic E-state index is 11.9. The van der Waals surface area contributed by atoms with Crippen molar-refractivity contribution in [3.05, 3.63) is 42.0 Å². The lowest BCUT2D eigenvalue weighted by molar-refractivity contribution is -0.116. The van der Waals surface area contributed by atoms with E-state index in [0.29, 0.717) is 6.42 Å². The summed E-state index contributed by atoms with van der Waals surface area (Å²) in [7, 11) is 0. The van der Waals surface area contributed by atoms with Gasteiger partial charge < -0.3 is 5.32 Å². The number of hydrogen-bond donors (Lipinski definition) is 1. The molecule has 21 heavy (non-hydrogen) atoms. The van der Waals surface area contributed by atoms with Crippen LogP contribution in [0.5, 0.6) is 0 Å². The molecule has 0 spiro atoms. The van der Waals surface area contributed by atoms with E-state index in [1.165, 1.54) is 0 Å². The fraction of sp³-hybridized carbons (Fsp3) is 0.400. The van der Waals surface area contributed by atoms with Crippen LogP contribution in [0.3, 0.4) is 0 Å². The topological polar surface area (TPSA) is 63.1 Å². The molecule has 1 aliphatic heterocycles. The highest BCUT2D eigenvalue weighted by Gasteiger charge is 2.19. The maximum Gasteiger partial charge on any atom is 0.225 e. The first-order chi connectivity index (χ1) is 10.2. The minimum atomic E-state index is 0.0458. The van der Waals surface area contributed by atoms with Crippen LogP contribution in [0.4, 0.5) is 5.69 Å². The summed E-state index contributed by atoms with van der Waals surface area (Å²) < 4.78 is 1.95. The lowest BCUT2D eigenvalue weighted by atomic mass is 10.3. The van der Waals surface area contributed by atoms with Crippen LogP contribution in [0, 0.1) is 6.92 Å². The number of nitrogens with zero attached hydrogens (tertiary/aromatic N) is 4. The van der Waals surface area contributed by atoms with Crippen molar-refractivity contribution in [3.63, 3.8) is 0 Å². The second-order valence-electron chi connectivity index (χ2n) is 5.24. The van der Waals surface area contributed by atoms with E-state index in [4.69, 9.17) is 0 Å². The van der Waals surface area contributed by atoms with Crippen molar-refractivity contribution in [2.24, 2.45) is 0 Å².